The van der Waals surface area contributed by atoms with Gasteiger partial charge in [-0.2, -0.15) is 13.2 Å². The molecule has 2 rings (SSSR count). The van der Waals surface area contributed by atoms with E-state index in [1.165, 1.54) is 18.2 Å². The van der Waals surface area contributed by atoms with Gasteiger partial charge < -0.3 is 10.6 Å². The normalized spacial score (nSPS) is 11.0. The number of para-hydroxylation sites is 1. The van der Waals surface area contributed by atoms with Gasteiger partial charge in [0.05, 0.1) is 11.3 Å². The number of halogens is 4. The second-order valence-corrected chi connectivity index (χ2v) is 6.05. The van der Waals surface area contributed by atoms with Crippen LogP contribution < -0.4 is 10.6 Å². The van der Waals surface area contributed by atoms with E-state index in [9.17, 15) is 22.8 Å². The zero-order chi connectivity index (χ0) is 17.7. The predicted octanol–water partition coefficient (Wildman–Crippen LogP) is 3.84. The summed E-state index contributed by atoms with van der Waals surface area (Å²) in [5.74, 6) is -1.37. The molecular formula is C16H12F3IN2O2. The number of nitrogens with one attached hydrogen (secondary N) is 2. The molecule has 2 aromatic carbocycles. The lowest BCUT2D eigenvalue weighted by Crippen LogP contribution is -2.34. The van der Waals surface area contributed by atoms with Crippen LogP contribution in [0.3, 0.4) is 0 Å². The molecule has 24 heavy (non-hydrogen) atoms. The maximum absolute atomic E-state index is 12.2. The first kappa shape index (κ1) is 18.2. The van der Waals surface area contributed by atoms with Gasteiger partial charge in [-0.1, -0.05) is 18.2 Å². The van der Waals surface area contributed by atoms with Crippen LogP contribution in [0.2, 0.25) is 0 Å². The van der Waals surface area contributed by atoms with Gasteiger partial charge >= 0.3 is 6.18 Å². The van der Waals surface area contributed by atoms with Gasteiger partial charge in [0, 0.05) is 9.13 Å². The maximum atomic E-state index is 12.2. The van der Waals surface area contributed by atoms with E-state index in [0.29, 0.717) is 5.56 Å². The molecule has 0 unspecified atom stereocenters. The molecule has 2 amide bonds. The monoisotopic (exact) mass is 448 g/mol. The first-order valence-electron chi connectivity index (χ1n) is 6.77. The molecule has 0 radical (unpaired) electrons. The highest BCUT2D eigenvalue weighted by atomic mass is 127. The number of carbonyl (C=O) groups is 2. The van der Waals surface area contributed by atoms with Gasteiger partial charge in [-0.3, -0.25) is 9.59 Å². The lowest BCUT2D eigenvalue weighted by molar-refractivity contribution is -0.123. The van der Waals surface area contributed by atoms with Gasteiger partial charge in [0.1, 0.15) is 6.54 Å². The molecule has 0 heterocycles. The Morgan fingerprint density at radius 2 is 1.71 bits per heavy atom. The lowest BCUT2D eigenvalue weighted by atomic mass is 10.1. The first-order valence-corrected chi connectivity index (χ1v) is 7.85. The molecule has 2 N–H and O–H groups in total. The van der Waals surface area contributed by atoms with Gasteiger partial charge in [-0.05, 0) is 52.9 Å². The van der Waals surface area contributed by atoms with Crippen molar-refractivity contribution in [3.8, 4) is 0 Å². The fourth-order valence-electron chi connectivity index (χ4n) is 1.89. The second-order valence-electron chi connectivity index (χ2n) is 4.81. The van der Waals surface area contributed by atoms with E-state index in [4.69, 9.17) is 0 Å². The SMILES string of the molecule is O=C(Nc1ccccc1C(=O)NCC(F)(F)F)c1cccc(I)c1. The van der Waals surface area contributed by atoms with Crippen molar-refractivity contribution in [1.29, 1.82) is 0 Å². The number of rotatable bonds is 4. The Balaban J connectivity index is 2.16. The molecule has 0 atom stereocenters. The molecule has 0 saturated carbocycles. The summed E-state index contributed by atoms with van der Waals surface area (Å²) in [6.45, 7) is -1.44. The molecule has 8 heteroatoms. The van der Waals surface area contributed by atoms with Crippen molar-refractivity contribution in [2.75, 3.05) is 11.9 Å². The summed E-state index contributed by atoms with van der Waals surface area (Å²) in [4.78, 5) is 24.2. The molecule has 0 spiro atoms. The van der Waals surface area contributed by atoms with Crippen molar-refractivity contribution in [1.82, 2.24) is 5.32 Å². The molecule has 0 aliphatic heterocycles. The van der Waals surface area contributed by atoms with E-state index < -0.39 is 24.5 Å². The molecular weight excluding hydrogens is 436 g/mol. The van der Waals surface area contributed by atoms with Crippen LogP contribution in [0.15, 0.2) is 48.5 Å². The number of hydrogen-bond donors (Lipinski definition) is 2. The van der Waals surface area contributed by atoms with Crippen LogP contribution in [0.4, 0.5) is 18.9 Å². The molecule has 0 aliphatic rings. The highest BCUT2D eigenvalue weighted by Gasteiger charge is 2.28. The Morgan fingerprint density at radius 3 is 2.38 bits per heavy atom. The summed E-state index contributed by atoms with van der Waals surface area (Å²) in [5, 5.41) is 4.33. The number of alkyl halides is 3. The Kier molecular flexibility index (Phi) is 5.81. The van der Waals surface area contributed by atoms with Gasteiger partial charge in [-0.25, -0.2) is 0 Å². The van der Waals surface area contributed by atoms with Crippen molar-refractivity contribution >= 4 is 40.1 Å². The van der Waals surface area contributed by atoms with E-state index >= 15 is 0 Å². The molecule has 4 nitrogen and oxygen atoms in total. The maximum Gasteiger partial charge on any atom is 0.405 e. The van der Waals surface area contributed by atoms with Crippen molar-refractivity contribution in [3.05, 3.63) is 63.2 Å². The Bertz CT molecular complexity index is 763. The highest BCUT2D eigenvalue weighted by molar-refractivity contribution is 14.1. The van der Waals surface area contributed by atoms with Gasteiger partial charge in [0.25, 0.3) is 11.8 Å². The van der Waals surface area contributed by atoms with Crippen LogP contribution in [-0.2, 0) is 0 Å². The van der Waals surface area contributed by atoms with Crippen molar-refractivity contribution in [3.63, 3.8) is 0 Å². The van der Waals surface area contributed by atoms with Crippen LogP contribution in [0.25, 0.3) is 0 Å². The average molecular weight is 448 g/mol. The van der Waals surface area contributed by atoms with E-state index in [0.717, 1.165) is 3.57 Å². The fraction of sp³-hybridized carbons (Fsp3) is 0.125. The van der Waals surface area contributed by atoms with E-state index in [2.05, 4.69) is 27.9 Å². The van der Waals surface area contributed by atoms with E-state index in [1.54, 1.807) is 29.6 Å². The third kappa shape index (κ3) is 5.22. The average Bonchev–Trinajstić information content (AvgIpc) is 2.52. The minimum atomic E-state index is -4.51. The zero-order valence-corrected chi connectivity index (χ0v) is 14.3. The minimum Gasteiger partial charge on any atom is -0.343 e. The minimum absolute atomic E-state index is 0.0410. The second kappa shape index (κ2) is 7.65. The third-order valence-electron chi connectivity index (χ3n) is 2.96. The summed E-state index contributed by atoms with van der Waals surface area (Å²) in [5.41, 5.74) is 0.481. The molecule has 2 aromatic rings. The largest absolute Gasteiger partial charge is 0.405 e. The van der Waals surface area contributed by atoms with Crippen LogP contribution in [0.5, 0.6) is 0 Å². The fourth-order valence-corrected chi connectivity index (χ4v) is 2.43. The van der Waals surface area contributed by atoms with Gasteiger partial charge in [-0.15, -0.1) is 0 Å². The number of carbonyl (C=O) groups excluding carboxylic acids is 2. The lowest BCUT2D eigenvalue weighted by Gasteiger charge is -2.12. The zero-order valence-electron chi connectivity index (χ0n) is 12.2. The summed E-state index contributed by atoms with van der Waals surface area (Å²) in [6.07, 6.45) is -4.51. The van der Waals surface area contributed by atoms with E-state index in [1.807, 2.05) is 6.07 Å². The number of hydrogen-bond acceptors (Lipinski definition) is 2. The predicted molar refractivity (Wildman–Crippen MR) is 91.9 cm³/mol. The van der Waals surface area contributed by atoms with Crippen molar-refractivity contribution < 1.29 is 22.8 Å². The quantitative estimate of drug-likeness (QED) is 0.699. The Labute approximate surface area is 149 Å². The Hall–Kier alpha value is -2.10. The number of amides is 2. The Morgan fingerprint density at radius 1 is 1.00 bits per heavy atom. The molecule has 126 valence electrons. The summed E-state index contributed by atoms with van der Waals surface area (Å²) in [6, 6.07) is 12.7. The van der Waals surface area contributed by atoms with E-state index in [-0.39, 0.29) is 11.3 Å². The molecule has 0 fully saturated rings. The standard InChI is InChI=1S/C16H12F3IN2O2/c17-16(18,19)9-21-15(24)12-6-1-2-7-13(12)22-14(23)10-4-3-5-11(20)8-10/h1-8H,9H2,(H,21,24)(H,22,23). The van der Waals surface area contributed by atoms with Crippen molar-refractivity contribution in [2.45, 2.75) is 6.18 Å². The molecule has 0 saturated heterocycles. The summed E-state index contributed by atoms with van der Waals surface area (Å²) < 4.78 is 37.5. The third-order valence-corrected chi connectivity index (χ3v) is 3.63. The van der Waals surface area contributed by atoms with Crippen LogP contribution in [0.1, 0.15) is 20.7 Å². The number of benzene rings is 2. The van der Waals surface area contributed by atoms with Crippen LogP contribution in [-0.4, -0.2) is 24.5 Å². The number of anilines is 1. The first-order chi connectivity index (χ1) is 11.3. The van der Waals surface area contributed by atoms with Gasteiger partial charge in [0.15, 0.2) is 0 Å². The van der Waals surface area contributed by atoms with Gasteiger partial charge in [0.2, 0.25) is 0 Å². The molecule has 0 bridgehead atoms. The summed E-state index contributed by atoms with van der Waals surface area (Å²) in [7, 11) is 0. The molecule has 0 aromatic heterocycles. The van der Waals surface area contributed by atoms with Crippen LogP contribution >= 0.6 is 22.6 Å². The van der Waals surface area contributed by atoms with Crippen molar-refractivity contribution in [2.24, 2.45) is 0 Å². The molecule has 0 aliphatic carbocycles. The summed E-state index contributed by atoms with van der Waals surface area (Å²) >= 11 is 2.05. The smallest absolute Gasteiger partial charge is 0.343 e. The topological polar surface area (TPSA) is 58.2 Å². The van der Waals surface area contributed by atoms with Crippen LogP contribution in [0, 0.1) is 3.57 Å². The highest BCUT2D eigenvalue weighted by Crippen LogP contribution is 2.18.